The zero-order valence-electron chi connectivity index (χ0n) is 16.8. The zero-order valence-corrected chi connectivity index (χ0v) is 19.9. The number of guanidine groups is 1. The quantitative estimate of drug-likeness (QED) is 0.277. The van der Waals surface area contributed by atoms with Crippen molar-refractivity contribution < 1.29 is 4.74 Å². The molecule has 1 aliphatic heterocycles. The summed E-state index contributed by atoms with van der Waals surface area (Å²) in [5.41, 5.74) is 3.80. The lowest BCUT2D eigenvalue weighted by atomic mass is 10.1. The highest BCUT2D eigenvalue weighted by molar-refractivity contribution is 14.0. The normalized spacial score (nSPS) is 17.3. The van der Waals surface area contributed by atoms with Crippen LogP contribution in [-0.2, 0) is 17.5 Å². The second-order valence-corrected chi connectivity index (χ2v) is 7.87. The molecule has 28 heavy (non-hydrogen) atoms. The molecule has 2 aromatic rings. The molecule has 3 rings (SSSR count). The minimum absolute atomic E-state index is 0. The zero-order chi connectivity index (χ0) is 19.1. The maximum Gasteiger partial charge on any atom is 0.193 e. The molecule has 1 unspecified atom stereocenters. The summed E-state index contributed by atoms with van der Waals surface area (Å²) in [7, 11) is 3.77. The second-order valence-electron chi connectivity index (χ2n) is 6.76. The largest absolute Gasteiger partial charge is 0.370 e. The smallest absolute Gasteiger partial charge is 0.193 e. The summed E-state index contributed by atoms with van der Waals surface area (Å²) in [6.45, 7) is 5.37. The lowest BCUT2D eigenvalue weighted by Crippen LogP contribution is -2.48. The van der Waals surface area contributed by atoms with E-state index in [2.05, 4.69) is 51.5 Å². The molecule has 0 spiro atoms. The van der Waals surface area contributed by atoms with Gasteiger partial charge in [-0.25, -0.2) is 0 Å². The number of ether oxygens (including phenoxy) is 1. The molecule has 154 valence electrons. The van der Waals surface area contributed by atoms with E-state index in [1.165, 1.54) is 11.1 Å². The van der Waals surface area contributed by atoms with Crippen molar-refractivity contribution in [3.05, 3.63) is 53.3 Å². The first-order valence-electron chi connectivity index (χ1n) is 9.34. The van der Waals surface area contributed by atoms with E-state index >= 15 is 0 Å². The first kappa shape index (κ1) is 23.0. The van der Waals surface area contributed by atoms with E-state index in [9.17, 15) is 0 Å². The molecule has 6 nitrogen and oxygen atoms in total. The van der Waals surface area contributed by atoms with Crippen molar-refractivity contribution in [2.45, 2.75) is 18.8 Å². The number of thioether (sulfide) groups is 1. The van der Waals surface area contributed by atoms with Crippen LogP contribution < -0.4 is 5.32 Å². The minimum Gasteiger partial charge on any atom is -0.370 e. The van der Waals surface area contributed by atoms with Crippen molar-refractivity contribution >= 4 is 41.7 Å². The third-order valence-corrected chi connectivity index (χ3v) is 5.62. The summed E-state index contributed by atoms with van der Waals surface area (Å²) in [4.78, 5) is 6.73. The Balaban J connectivity index is 0.00000280. The number of nitrogens with zero attached hydrogens (tertiary/aromatic N) is 4. The van der Waals surface area contributed by atoms with Gasteiger partial charge in [0.2, 0.25) is 0 Å². The second kappa shape index (κ2) is 11.7. The predicted molar refractivity (Wildman–Crippen MR) is 128 cm³/mol. The van der Waals surface area contributed by atoms with Crippen molar-refractivity contribution in [1.29, 1.82) is 0 Å². The van der Waals surface area contributed by atoms with E-state index in [1.54, 1.807) is 0 Å². The Bertz CT molecular complexity index is 749. The molecule has 0 amide bonds. The third kappa shape index (κ3) is 6.66. The van der Waals surface area contributed by atoms with Gasteiger partial charge < -0.3 is 15.0 Å². The van der Waals surface area contributed by atoms with E-state index in [1.807, 2.05) is 42.9 Å². The Morgan fingerprint density at radius 3 is 2.82 bits per heavy atom. The van der Waals surface area contributed by atoms with Crippen LogP contribution in [0.3, 0.4) is 0 Å². The van der Waals surface area contributed by atoms with Crippen LogP contribution >= 0.6 is 35.7 Å². The molecule has 0 radical (unpaired) electrons. The van der Waals surface area contributed by atoms with Crippen LogP contribution in [0, 0.1) is 6.92 Å². The van der Waals surface area contributed by atoms with E-state index < -0.39 is 0 Å². The highest BCUT2D eigenvalue weighted by Crippen LogP contribution is 2.21. The van der Waals surface area contributed by atoms with Gasteiger partial charge in [0.25, 0.3) is 0 Å². The molecule has 1 fully saturated rings. The summed E-state index contributed by atoms with van der Waals surface area (Å²) < 4.78 is 7.74. The van der Waals surface area contributed by atoms with Crippen LogP contribution in [0.5, 0.6) is 0 Å². The highest BCUT2D eigenvalue weighted by atomic mass is 127. The van der Waals surface area contributed by atoms with Gasteiger partial charge >= 0.3 is 0 Å². The number of aromatic nitrogens is 2. The molecule has 0 saturated carbocycles. The summed E-state index contributed by atoms with van der Waals surface area (Å²) in [5, 5.41) is 7.74. The van der Waals surface area contributed by atoms with Gasteiger partial charge in [0.05, 0.1) is 19.3 Å². The number of hydrogen-bond acceptors (Lipinski definition) is 4. The van der Waals surface area contributed by atoms with E-state index in [4.69, 9.17) is 4.74 Å². The summed E-state index contributed by atoms with van der Waals surface area (Å²) in [5.74, 6) is 3.04. The number of nitrogens with one attached hydrogen (secondary N) is 1. The maximum absolute atomic E-state index is 5.92. The maximum atomic E-state index is 5.92. The molecule has 1 aromatic carbocycles. The monoisotopic (exact) mass is 515 g/mol. The van der Waals surface area contributed by atoms with Crippen LogP contribution in [0.4, 0.5) is 0 Å². The van der Waals surface area contributed by atoms with Crippen molar-refractivity contribution in [2.24, 2.45) is 12.0 Å². The fraction of sp³-hybridized carbons (Fsp3) is 0.500. The molecule has 0 aliphatic carbocycles. The molecule has 1 saturated heterocycles. The van der Waals surface area contributed by atoms with Crippen LogP contribution in [0.25, 0.3) is 0 Å². The van der Waals surface area contributed by atoms with Gasteiger partial charge in [0.15, 0.2) is 5.96 Å². The summed E-state index contributed by atoms with van der Waals surface area (Å²) >= 11 is 1.94. The van der Waals surface area contributed by atoms with Gasteiger partial charge in [-0.2, -0.15) is 16.9 Å². The average Bonchev–Trinajstić information content (AvgIpc) is 3.13. The van der Waals surface area contributed by atoms with Gasteiger partial charge in [0.1, 0.15) is 6.10 Å². The predicted octanol–water partition coefficient (Wildman–Crippen LogP) is 3.23. The van der Waals surface area contributed by atoms with Crippen LogP contribution in [0.15, 0.2) is 41.7 Å². The lowest BCUT2D eigenvalue weighted by Gasteiger charge is -2.34. The molecule has 1 aliphatic rings. The van der Waals surface area contributed by atoms with Crippen molar-refractivity contribution in [1.82, 2.24) is 20.0 Å². The number of rotatable bonds is 6. The van der Waals surface area contributed by atoms with E-state index in [-0.39, 0.29) is 30.1 Å². The molecule has 1 aromatic heterocycles. The molecular formula is C20H30IN5OS. The van der Waals surface area contributed by atoms with Crippen LogP contribution in [0.2, 0.25) is 0 Å². The first-order chi connectivity index (χ1) is 13.2. The highest BCUT2D eigenvalue weighted by Gasteiger charge is 2.24. The summed E-state index contributed by atoms with van der Waals surface area (Å²) in [6.07, 6.45) is 3.94. The molecular weight excluding hydrogens is 485 g/mol. The molecule has 2 heterocycles. The fourth-order valence-corrected chi connectivity index (χ4v) is 3.91. The molecule has 0 bridgehead atoms. The summed E-state index contributed by atoms with van der Waals surface area (Å²) in [6, 6.07) is 8.77. The van der Waals surface area contributed by atoms with Gasteiger partial charge in [-0.1, -0.05) is 29.8 Å². The van der Waals surface area contributed by atoms with Gasteiger partial charge in [-0.3, -0.25) is 9.67 Å². The van der Waals surface area contributed by atoms with E-state index in [0.717, 1.165) is 42.7 Å². The van der Waals surface area contributed by atoms with Gasteiger partial charge in [0, 0.05) is 50.5 Å². The molecule has 8 heteroatoms. The standard InChI is InChI=1S/C20H29N5OS.HI/c1-16-4-6-17(7-5-16)15-27-11-8-22-20(21-2)25-9-10-26-19(14-25)18-12-23-24(3)13-18;/h4-7,12-13,19H,8-11,14-15H2,1-3H3,(H,21,22);1H. The van der Waals surface area contributed by atoms with Crippen LogP contribution in [0.1, 0.15) is 22.8 Å². The Labute approximate surface area is 189 Å². The number of hydrogen-bond donors (Lipinski definition) is 1. The van der Waals surface area contributed by atoms with Crippen molar-refractivity contribution in [2.75, 3.05) is 39.0 Å². The Morgan fingerprint density at radius 2 is 2.14 bits per heavy atom. The van der Waals surface area contributed by atoms with Gasteiger partial charge in [-0.05, 0) is 12.5 Å². The van der Waals surface area contributed by atoms with E-state index in [0.29, 0.717) is 6.61 Å². The van der Waals surface area contributed by atoms with Crippen molar-refractivity contribution in [3.8, 4) is 0 Å². The topological polar surface area (TPSA) is 54.7 Å². The van der Waals surface area contributed by atoms with Gasteiger partial charge in [-0.15, -0.1) is 24.0 Å². The number of aliphatic imine (C=N–C) groups is 1. The van der Waals surface area contributed by atoms with Crippen LogP contribution in [-0.4, -0.2) is 59.7 Å². The Kier molecular flexibility index (Phi) is 9.60. The Morgan fingerprint density at radius 1 is 1.36 bits per heavy atom. The third-order valence-electron chi connectivity index (χ3n) is 4.59. The van der Waals surface area contributed by atoms with Crippen molar-refractivity contribution in [3.63, 3.8) is 0 Å². The fourth-order valence-electron chi connectivity index (χ4n) is 3.09. The molecule has 1 atom stereocenters. The SMILES string of the molecule is CN=C(NCCSCc1ccc(C)cc1)N1CCOC(c2cnn(C)c2)C1.I. The number of morpholine rings is 1. The first-order valence-corrected chi connectivity index (χ1v) is 10.5. The number of halogens is 1. The average molecular weight is 515 g/mol. The molecule has 1 N–H and O–H groups in total. The Hall–Kier alpha value is -1.26. The number of aryl methyl sites for hydroxylation is 2. The minimum atomic E-state index is 0. The number of benzene rings is 1. The lowest BCUT2D eigenvalue weighted by molar-refractivity contribution is -0.00798.